The van der Waals surface area contributed by atoms with Crippen molar-refractivity contribution in [2.45, 2.75) is 18.1 Å². The number of hydrogen-bond donors (Lipinski definition) is 2. The minimum atomic E-state index is -0.999. The van der Waals surface area contributed by atoms with Gasteiger partial charge in [0, 0.05) is 24.9 Å². The molecule has 1 aromatic heterocycles. The second kappa shape index (κ2) is 9.46. The topological polar surface area (TPSA) is 127 Å². The number of nitrogens with zero attached hydrogens (tertiary/aromatic N) is 3. The van der Waals surface area contributed by atoms with Gasteiger partial charge in [0.15, 0.2) is 5.16 Å². The average Bonchev–Trinajstić information content (AvgIpc) is 2.73. The van der Waals surface area contributed by atoms with Crippen molar-refractivity contribution in [1.82, 2.24) is 9.55 Å². The molecule has 9 nitrogen and oxygen atoms in total. The minimum Gasteiger partial charge on any atom is -0.396 e. The number of nitro groups is 1. The molecule has 11 heteroatoms. The fourth-order valence-corrected chi connectivity index (χ4v) is 3.57. The van der Waals surface area contributed by atoms with E-state index < -0.39 is 22.3 Å². The van der Waals surface area contributed by atoms with E-state index in [4.69, 9.17) is 5.11 Å². The Morgan fingerprint density at radius 1 is 1.30 bits per heavy atom. The fraction of sp³-hybridized carbons (Fsp3) is 0.211. The van der Waals surface area contributed by atoms with Crippen molar-refractivity contribution in [2.24, 2.45) is 0 Å². The summed E-state index contributed by atoms with van der Waals surface area (Å²) in [5.41, 5.74) is -0.446. The van der Waals surface area contributed by atoms with Crippen LogP contribution in [0.15, 0.2) is 52.4 Å². The molecule has 1 heterocycles. The van der Waals surface area contributed by atoms with Crippen LogP contribution in [0.25, 0.3) is 10.9 Å². The second-order valence-corrected chi connectivity index (χ2v) is 7.15. The lowest BCUT2D eigenvalue weighted by molar-refractivity contribution is -0.387. The number of carbonyl (C=O) groups excluding carboxylic acids is 1. The lowest BCUT2D eigenvalue weighted by Gasteiger charge is -2.12. The Bertz CT molecular complexity index is 1170. The molecule has 0 unspecified atom stereocenters. The SMILES string of the molecule is O=C(CSc1nc2ccccc2c(=O)n1CCCO)Nc1ccc(F)c([N+](=O)[O-])c1. The molecule has 0 aliphatic heterocycles. The summed E-state index contributed by atoms with van der Waals surface area (Å²) in [6, 6.07) is 9.87. The smallest absolute Gasteiger partial charge is 0.306 e. The highest BCUT2D eigenvalue weighted by Gasteiger charge is 2.16. The number of halogens is 1. The highest BCUT2D eigenvalue weighted by molar-refractivity contribution is 7.99. The molecule has 0 bridgehead atoms. The van der Waals surface area contributed by atoms with Crippen LogP contribution in [-0.4, -0.2) is 37.8 Å². The van der Waals surface area contributed by atoms with Crippen molar-refractivity contribution >= 4 is 39.9 Å². The van der Waals surface area contributed by atoms with Crippen molar-refractivity contribution in [3.63, 3.8) is 0 Å². The van der Waals surface area contributed by atoms with Gasteiger partial charge in [0.2, 0.25) is 11.7 Å². The number of nitro benzene ring substituents is 1. The molecule has 0 fully saturated rings. The van der Waals surface area contributed by atoms with Gasteiger partial charge < -0.3 is 10.4 Å². The predicted octanol–water partition coefficient (Wildman–Crippen LogP) is 2.56. The molecular formula is C19H17FN4O5S. The maximum absolute atomic E-state index is 13.4. The van der Waals surface area contributed by atoms with Gasteiger partial charge >= 0.3 is 5.69 Å². The first-order valence-corrected chi connectivity index (χ1v) is 9.86. The zero-order chi connectivity index (χ0) is 21.7. The van der Waals surface area contributed by atoms with Crippen LogP contribution < -0.4 is 10.9 Å². The normalized spacial score (nSPS) is 10.9. The van der Waals surface area contributed by atoms with Gasteiger partial charge in [-0.05, 0) is 30.7 Å². The van der Waals surface area contributed by atoms with E-state index in [1.54, 1.807) is 24.3 Å². The molecule has 0 saturated carbocycles. The number of fused-ring (bicyclic) bond motifs is 1. The number of aliphatic hydroxyl groups excluding tert-OH is 1. The van der Waals surface area contributed by atoms with E-state index in [1.165, 1.54) is 10.6 Å². The Hall–Kier alpha value is -3.31. The Balaban J connectivity index is 1.79. The van der Waals surface area contributed by atoms with E-state index in [1.807, 2.05) is 0 Å². The van der Waals surface area contributed by atoms with Gasteiger partial charge in [0.25, 0.3) is 5.56 Å². The Kier molecular flexibility index (Phi) is 6.75. The molecule has 3 rings (SSSR count). The number of hydrogen-bond acceptors (Lipinski definition) is 7. The van der Waals surface area contributed by atoms with Crippen LogP contribution in [0.5, 0.6) is 0 Å². The molecule has 0 saturated heterocycles. The van der Waals surface area contributed by atoms with E-state index in [0.29, 0.717) is 22.5 Å². The standard InChI is InChI=1S/C19H17FN4O5S/c20-14-7-6-12(10-16(14)24(28)29)21-17(26)11-30-19-22-15-5-2-1-4-13(15)18(27)23(19)8-3-9-25/h1-2,4-7,10,25H,3,8-9,11H2,(H,21,26). The summed E-state index contributed by atoms with van der Waals surface area (Å²) >= 11 is 1.02. The van der Waals surface area contributed by atoms with Crippen LogP contribution in [0, 0.1) is 15.9 Å². The second-order valence-electron chi connectivity index (χ2n) is 6.21. The van der Waals surface area contributed by atoms with Crippen molar-refractivity contribution in [1.29, 1.82) is 0 Å². The monoisotopic (exact) mass is 432 g/mol. The molecule has 0 aliphatic carbocycles. The maximum atomic E-state index is 13.4. The van der Waals surface area contributed by atoms with E-state index in [-0.39, 0.29) is 30.2 Å². The Morgan fingerprint density at radius 3 is 2.80 bits per heavy atom. The van der Waals surface area contributed by atoms with Crippen LogP contribution >= 0.6 is 11.8 Å². The highest BCUT2D eigenvalue weighted by atomic mass is 32.2. The van der Waals surface area contributed by atoms with Gasteiger partial charge in [-0.2, -0.15) is 4.39 Å². The number of aromatic nitrogens is 2. The van der Waals surface area contributed by atoms with Crippen molar-refractivity contribution in [3.8, 4) is 0 Å². The number of aliphatic hydroxyl groups is 1. The quantitative estimate of drug-likeness (QED) is 0.242. The van der Waals surface area contributed by atoms with Crippen LogP contribution in [0.3, 0.4) is 0 Å². The van der Waals surface area contributed by atoms with Crippen LogP contribution in [0.2, 0.25) is 0 Å². The highest BCUT2D eigenvalue weighted by Crippen LogP contribution is 2.23. The Labute approximate surface area is 173 Å². The summed E-state index contributed by atoms with van der Waals surface area (Å²) in [4.78, 5) is 39.4. The summed E-state index contributed by atoms with van der Waals surface area (Å²) in [6.07, 6.45) is 0.346. The van der Waals surface area contributed by atoms with Crippen molar-refractivity contribution in [2.75, 3.05) is 17.7 Å². The molecule has 0 radical (unpaired) electrons. The molecular weight excluding hydrogens is 415 g/mol. The minimum absolute atomic E-state index is 0.0813. The number of anilines is 1. The lowest BCUT2D eigenvalue weighted by Crippen LogP contribution is -2.24. The third-order valence-corrected chi connectivity index (χ3v) is 5.10. The molecule has 3 aromatic rings. The zero-order valence-corrected chi connectivity index (χ0v) is 16.4. The van der Waals surface area contributed by atoms with Gasteiger partial charge in [-0.3, -0.25) is 24.3 Å². The third-order valence-electron chi connectivity index (χ3n) is 4.13. The maximum Gasteiger partial charge on any atom is 0.306 e. The largest absolute Gasteiger partial charge is 0.396 e. The number of carbonyl (C=O) groups is 1. The van der Waals surface area contributed by atoms with Crippen LogP contribution in [0.4, 0.5) is 15.8 Å². The number of thioether (sulfide) groups is 1. The van der Waals surface area contributed by atoms with Crippen molar-refractivity contribution < 1.29 is 19.2 Å². The van der Waals surface area contributed by atoms with Gasteiger partial charge in [-0.1, -0.05) is 23.9 Å². The van der Waals surface area contributed by atoms with E-state index in [0.717, 1.165) is 23.9 Å². The van der Waals surface area contributed by atoms with Gasteiger partial charge in [-0.25, -0.2) is 4.98 Å². The third kappa shape index (κ3) is 4.81. The number of para-hydroxylation sites is 1. The fourth-order valence-electron chi connectivity index (χ4n) is 2.74. The molecule has 0 aliphatic rings. The summed E-state index contributed by atoms with van der Waals surface area (Å²) in [6.45, 7) is 0.133. The first-order valence-electron chi connectivity index (χ1n) is 8.87. The summed E-state index contributed by atoms with van der Waals surface area (Å²) in [5.74, 6) is -1.63. The molecule has 156 valence electrons. The summed E-state index contributed by atoms with van der Waals surface area (Å²) in [5, 5.41) is 23.1. The number of amides is 1. The van der Waals surface area contributed by atoms with E-state index >= 15 is 0 Å². The molecule has 0 spiro atoms. The molecule has 1 amide bonds. The first kappa shape index (κ1) is 21.4. The van der Waals surface area contributed by atoms with Gasteiger partial charge in [0.05, 0.1) is 21.6 Å². The summed E-state index contributed by atoms with van der Waals surface area (Å²) in [7, 11) is 0. The zero-order valence-electron chi connectivity index (χ0n) is 15.6. The number of rotatable bonds is 8. The molecule has 0 atom stereocenters. The lowest BCUT2D eigenvalue weighted by atomic mass is 10.2. The summed E-state index contributed by atoms with van der Waals surface area (Å²) < 4.78 is 14.8. The van der Waals surface area contributed by atoms with Gasteiger partial charge in [0.1, 0.15) is 0 Å². The van der Waals surface area contributed by atoms with E-state index in [2.05, 4.69) is 10.3 Å². The average molecular weight is 432 g/mol. The number of benzene rings is 2. The molecule has 2 aromatic carbocycles. The van der Waals surface area contributed by atoms with Gasteiger partial charge in [-0.15, -0.1) is 0 Å². The predicted molar refractivity (Wildman–Crippen MR) is 110 cm³/mol. The van der Waals surface area contributed by atoms with E-state index in [9.17, 15) is 24.1 Å². The van der Waals surface area contributed by atoms with Crippen molar-refractivity contribution in [3.05, 3.63) is 68.7 Å². The first-order chi connectivity index (χ1) is 14.4. The number of nitrogens with one attached hydrogen (secondary N) is 1. The molecule has 2 N–H and O–H groups in total. The Morgan fingerprint density at radius 2 is 2.07 bits per heavy atom. The van der Waals surface area contributed by atoms with Crippen LogP contribution in [-0.2, 0) is 11.3 Å². The van der Waals surface area contributed by atoms with Crippen LogP contribution in [0.1, 0.15) is 6.42 Å². The molecule has 30 heavy (non-hydrogen) atoms.